The summed E-state index contributed by atoms with van der Waals surface area (Å²) in [4.78, 5) is 7.15. The molecule has 0 aromatic heterocycles. The van der Waals surface area contributed by atoms with Crippen molar-refractivity contribution in [1.29, 1.82) is 5.26 Å². The minimum atomic E-state index is 0.00299. The summed E-state index contributed by atoms with van der Waals surface area (Å²) in [6.45, 7) is 3.26. The highest BCUT2D eigenvalue weighted by molar-refractivity contribution is 6.03. The molecule has 2 saturated heterocycles. The Labute approximate surface area is 84.1 Å². The topological polar surface area (TPSA) is 48.6 Å². The average molecular weight is 193 g/mol. The van der Waals surface area contributed by atoms with Crippen molar-refractivity contribution in [1.82, 2.24) is 4.90 Å². The molecule has 0 aliphatic carbocycles. The van der Waals surface area contributed by atoms with Crippen LogP contribution in [0.25, 0.3) is 0 Å². The number of oxime groups is 1. The number of rotatable bonds is 2. The Hall–Kier alpha value is -1.08. The predicted octanol–water partition coefficient (Wildman–Crippen LogP) is 0.998. The largest absolute Gasteiger partial charge is 0.398 e. The second-order valence-corrected chi connectivity index (χ2v) is 4.14. The van der Waals surface area contributed by atoms with E-state index >= 15 is 0 Å². The molecular formula is C10H15N3O. The third-order valence-electron chi connectivity index (χ3n) is 3.35. The molecule has 0 N–H and O–H groups in total. The van der Waals surface area contributed by atoms with E-state index in [2.05, 4.69) is 16.1 Å². The first kappa shape index (κ1) is 9.47. The van der Waals surface area contributed by atoms with Crippen LogP contribution >= 0.6 is 0 Å². The summed E-state index contributed by atoms with van der Waals surface area (Å²) in [7, 11) is 1.50. The Kier molecular flexibility index (Phi) is 2.42. The Morgan fingerprint density at radius 3 is 3.07 bits per heavy atom. The van der Waals surface area contributed by atoms with Crippen molar-refractivity contribution < 1.29 is 4.84 Å². The quantitative estimate of drug-likeness (QED) is 0.485. The third-order valence-corrected chi connectivity index (χ3v) is 3.35. The van der Waals surface area contributed by atoms with Crippen LogP contribution in [-0.4, -0.2) is 37.4 Å². The highest BCUT2D eigenvalue weighted by atomic mass is 16.6. The van der Waals surface area contributed by atoms with Crippen molar-refractivity contribution in [3.8, 4) is 6.07 Å². The van der Waals surface area contributed by atoms with Crippen molar-refractivity contribution in [3.63, 3.8) is 0 Å². The molecule has 0 aromatic rings. The number of nitrogens with zero attached hydrogens (tertiary/aromatic N) is 3. The molecular weight excluding hydrogens is 178 g/mol. The Balaban J connectivity index is 2.23. The Morgan fingerprint density at radius 1 is 1.50 bits per heavy atom. The molecule has 0 saturated carbocycles. The number of piperidine rings is 1. The molecule has 1 unspecified atom stereocenters. The van der Waals surface area contributed by atoms with Crippen LogP contribution in [0.1, 0.15) is 19.3 Å². The number of fused-ring (bicyclic) bond motifs is 2. The molecule has 2 aliphatic rings. The first-order valence-corrected chi connectivity index (χ1v) is 5.05. The predicted molar refractivity (Wildman–Crippen MR) is 52.8 cm³/mol. The summed E-state index contributed by atoms with van der Waals surface area (Å²) >= 11 is 0. The van der Waals surface area contributed by atoms with Gasteiger partial charge < -0.3 is 9.74 Å². The van der Waals surface area contributed by atoms with Crippen LogP contribution in [0.4, 0.5) is 0 Å². The van der Waals surface area contributed by atoms with Crippen LogP contribution in [0.5, 0.6) is 0 Å². The van der Waals surface area contributed by atoms with Crippen LogP contribution in [0, 0.1) is 16.7 Å². The van der Waals surface area contributed by atoms with Crippen LogP contribution in [0.15, 0.2) is 5.16 Å². The fraction of sp³-hybridized carbons (Fsp3) is 0.800. The highest BCUT2D eigenvalue weighted by Gasteiger charge is 2.45. The summed E-state index contributed by atoms with van der Waals surface area (Å²) in [6, 6.07) is 2.19. The fourth-order valence-electron chi connectivity index (χ4n) is 2.63. The van der Waals surface area contributed by atoms with E-state index < -0.39 is 0 Å². The second-order valence-electron chi connectivity index (χ2n) is 4.14. The van der Waals surface area contributed by atoms with Crippen LogP contribution in [0.2, 0.25) is 0 Å². The van der Waals surface area contributed by atoms with Gasteiger partial charge in [0, 0.05) is 12.0 Å². The number of hydrogen-bond donors (Lipinski definition) is 0. The molecule has 14 heavy (non-hydrogen) atoms. The third kappa shape index (κ3) is 1.38. The maximum Gasteiger partial charge on any atom is 0.164 e. The van der Waals surface area contributed by atoms with Gasteiger partial charge in [0.25, 0.3) is 0 Å². The van der Waals surface area contributed by atoms with E-state index in [-0.39, 0.29) is 5.41 Å². The van der Waals surface area contributed by atoms with Gasteiger partial charge in [-0.3, -0.25) is 0 Å². The molecule has 2 rings (SSSR count). The van der Waals surface area contributed by atoms with Gasteiger partial charge in [-0.25, -0.2) is 0 Å². The van der Waals surface area contributed by atoms with E-state index in [1.807, 2.05) is 0 Å². The minimum Gasteiger partial charge on any atom is -0.398 e. The van der Waals surface area contributed by atoms with Gasteiger partial charge in [-0.15, -0.1) is 0 Å². The fourth-order valence-corrected chi connectivity index (χ4v) is 2.63. The molecule has 0 spiro atoms. The lowest BCUT2D eigenvalue weighted by atomic mass is 9.77. The van der Waals surface area contributed by atoms with Crippen molar-refractivity contribution in [2.24, 2.45) is 10.6 Å². The summed E-state index contributed by atoms with van der Waals surface area (Å²) < 4.78 is 0. The second kappa shape index (κ2) is 3.58. The monoisotopic (exact) mass is 193 g/mol. The van der Waals surface area contributed by atoms with E-state index in [1.165, 1.54) is 20.1 Å². The molecule has 0 amide bonds. The first-order valence-electron chi connectivity index (χ1n) is 5.05. The summed E-state index contributed by atoms with van der Waals surface area (Å²) in [5, 5.41) is 12.9. The lowest BCUT2D eigenvalue weighted by molar-refractivity contribution is 0.197. The van der Waals surface area contributed by atoms with Gasteiger partial charge in [0.2, 0.25) is 0 Å². The lowest BCUT2D eigenvalue weighted by Gasteiger charge is -2.31. The highest BCUT2D eigenvalue weighted by Crippen LogP contribution is 2.40. The average Bonchev–Trinajstić information content (AvgIpc) is 2.51. The van der Waals surface area contributed by atoms with Crippen LogP contribution < -0.4 is 0 Å². The van der Waals surface area contributed by atoms with Gasteiger partial charge in [0.1, 0.15) is 13.2 Å². The molecule has 0 aromatic carbocycles. The Bertz CT molecular complexity index is 290. The van der Waals surface area contributed by atoms with Gasteiger partial charge in [-0.1, -0.05) is 5.16 Å². The maximum atomic E-state index is 9.04. The zero-order valence-electron chi connectivity index (χ0n) is 8.49. The SMILES string of the molecule is CO/N=C(/C#N)[C@]12CCCN(CC1)C2. The van der Waals surface area contributed by atoms with E-state index in [1.54, 1.807) is 0 Å². The molecule has 2 fully saturated rings. The molecule has 2 bridgehead atoms. The van der Waals surface area contributed by atoms with Gasteiger partial charge in [-0.05, 0) is 32.4 Å². The van der Waals surface area contributed by atoms with E-state index in [0.29, 0.717) is 5.71 Å². The summed E-state index contributed by atoms with van der Waals surface area (Å²) in [5.74, 6) is 0. The van der Waals surface area contributed by atoms with Crippen LogP contribution in [0.3, 0.4) is 0 Å². The molecule has 2 aliphatic heterocycles. The lowest BCUT2D eigenvalue weighted by Crippen LogP contribution is -2.39. The van der Waals surface area contributed by atoms with Gasteiger partial charge in [0.05, 0.1) is 0 Å². The summed E-state index contributed by atoms with van der Waals surface area (Å²) in [6.07, 6.45) is 3.31. The number of hydrogen-bond acceptors (Lipinski definition) is 4. The molecule has 2 heterocycles. The zero-order valence-corrected chi connectivity index (χ0v) is 8.49. The molecule has 2 atom stereocenters. The van der Waals surface area contributed by atoms with Gasteiger partial charge in [0.15, 0.2) is 5.71 Å². The van der Waals surface area contributed by atoms with Crippen molar-refractivity contribution in [3.05, 3.63) is 0 Å². The summed E-state index contributed by atoms with van der Waals surface area (Å²) in [5.41, 5.74) is 0.588. The van der Waals surface area contributed by atoms with E-state index in [9.17, 15) is 0 Å². The normalized spacial score (nSPS) is 36.6. The maximum absolute atomic E-state index is 9.04. The standard InChI is InChI=1S/C10H15N3O/c1-14-12-9(7-11)10-3-2-5-13(8-10)6-4-10/h2-6,8H2,1H3/b12-9-/t10-/m1/s1. The van der Waals surface area contributed by atoms with E-state index in [4.69, 9.17) is 10.1 Å². The smallest absolute Gasteiger partial charge is 0.164 e. The Morgan fingerprint density at radius 2 is 2.36 bits per heavy atom. The molecule has 4 nitrogen and oxygen atoms in total. The van der Waals surface area contributed by atoms with Gasteiger partial charge >= 0.3 is 0 Å². The van der Waals surface area contributed by atoms with Crippen LogP contribution in [-0.2, 0) is 4.84 Å². The minimum absolute atomic E-state index is 0.00299. The molecule has 4 heteroatoms. The zero-order chi connectivity index (χ0) is 10.0. The molecule has 0 radical (unpaired) electrons. The van der Waals surface area contributed by atoms with Crippen molar-refractivity contribution >= 4 is 5.71 Å². The van der Waals surface area contributed by atoms with Gasteiger partial charge in [-0.2, -0.15) is 5.26 Å². The van der Waals surface area contributed by atoms with E-state index in [0.717, 1.165) is 25.9 Å². The number of nitriles is 1. The first-order chi connectivity index (χ1) is 6.80. The van der Waals surface area contributed by atoms with Crippen molar-refractivity contribution in [2.45, 2.75) is 19.3 Å². The van der Waals surface area contributed by atoms with Crippen molar-refractivity contribution in [2.75, 3.05) is 26.7 Å². The molecule has 76 valence electrons.